The highest BCUT2D eigenvalue weighted by Crippen LogP contribution is 2.24. The molecule has 2 atom stereocenters. The second kappa shape index (κ2) is 8.56. The Bertz CT molecular complexity index is 541. The number of benzene rings is 1. The van der Waals surface area contributed by atoms with Gasteiger partial charge in [0, 0.05) is 38.4 Å². The summed E-state index contributed by atoms with van der Waals surface area (Å²) in [6, 6.07) is 10.5. The van der Waals surface area contributed by atoms with Crippen LogP contribution in [-0.4, -0.2) is 55.9 Å². The van der Waals surface area contributed by atoms with Gasteiger partial charge in [0.2, 0.25) is 0 Å². The summed E-state index contributed by atoms with van der Waals surface area (Å²) < 4.78 is 5.78. The van der Waals surface area contributed by atoms with Crippen molar-refractivity contribution in [1.82, 2.24) is 10.2 Å². The molecule has 3 rings (SSSR count). The van der Waals surface area contributed by atoms with Gasteiger partial charge >= 0.3 is 6.03 Å². The van der Waals surface area contributed by atoms with Crippen LogP contribution in [0.15, 0.2) is 30.3 Å². The van der Waals surface area contributed by atoms with E-state index in [9.17, 15) is 4.79 Å². The zero-order valence-electron chi connectivity index (χ0n) is 15.5. The number of rotatable bonds is 3. The maximum absolute atomic E-state index is 12.6. The lowest BCUT2D eigenvalue weighted by Gasteiger charge is -2.32. The first-order valence-electron chi connectivity index (χ1n) is 9.60. The monoisotopic (exact) mass is 345 g/mol. The summed E-state index contributed by atoms with van der Waals surface area (Å²) in [5.41, 5.74) is 1.25. The third kappa shape index (κ3) is 5.11. The van der Waals surface area contributed by atoms with Crippen molar-refractivity contribution in [3.63, 3.8) is 0 Å². The second-order valence-corrected chi connectivity index (χ2v) is 7.44. The maximum atomic E-state index is 12.6. The third-order valence-electron chi connectivity index (χ3n) is 5.24. The summed E-state index contributed by atoms with van der Waals surface area (Å²) in [4.78, 5) is 16.9. The largest absolute Gasteiger partial charge is 0.376 e. The molecule has 0 aliphatic carbocycles. The van der Waals surface area contributed by atoms with Crippen molar-refractivity contribution in [2.45, 2.75) is 45.3 Å². The van der Waals surface area contributed by atoms with Crippen LogP contribution in [0.3, 0.4) is 0 Å². The highest BCUT2D eigenvalue weighted by atomic mass is 16.5. The number of nitrogens with zero attached hydrogens (tertiary/aromatic N) is 2. The Kier molecular flexibility index (Phi) is 6.19. The molecule has 25 heavy (non-hydrogen) atoms. The Morgan fingerprint density at radius 1 is 1.08 bits per heavy atom. The van der Waals surface area contributed by atoms with E-state index in [1.165, 1.54) is 5.69 Å². The summed E-state index contributed by atoms with van der Waals surface area (Å²) in [6.07, 6.45) is 3.67. The van der Waals surface area contributed by atoms with Gasteiger partial charge in [0.25, 0.3) is 0 Å². The zero-order chi connectivity index (χ0) is 17.6. The van der Waals surface area contributed by atoms with Gasteiger partial charge in [0.1, 0.15) is 0 Å². The summed E-state index contributed by atoms with van der Waals surface area (Å²) >= 11 is 0. The molecule has 2 aliphatic heterocycles. The molecule has 2 amide bonds. The van der Waals surface area contributed by atoms with Crippen LogP contribution in [0.2, 0.25) is 0 Å². The maximum Gasteiger partial charge on any atom is 0.317 e. The first kappa shape index (κ1) is 18.1. The van der Waals surface area contributed by atoms with Crippen LogP contribution in [0.1, 0.15) is 33.1 Å². The van der Waals surface area contributed by atoms with Crippen molar-refractivity contribution in [3.05, 3.63) is 30.3 Å². The number of urea groups is 1. The van der Waals surface area contributed by atoms with E-state index >= 15 is 0 Å². The summed E-state index contributed by atoms with van der Waals surface area (Å²) in [6.45, 7) is 8.51. The fourth-order valence-electron chi connectivity index (χ4n) is 4.07. The minimum absolute atomic E-state index is 0.0849. The van der Waals surface area contributed by atoms with Crippen LogP contribution in [0.4, 0.5) is 10.5 Å². The molecule has 0 spiro atoms. The van der Waals surface area contributed by atoms with E-state index < -0.39 is 0 Å². The Morgan fingerprint density at radius 2 is 1.80 bits per heavy atom. The topological polar surface area (TPSA) is 44.8 Å². The molecule has 5 nitrogen and oxygen atoms in total. The molecule has 0 saturated carbocycles. The number of amides is 2. The SMILES string of the molecule is CC1CC(CNC(=O)N2CCCN(c3ccccc3)CC2)CC(C)O1. The first-order valence-corrected chi connectivity index (χ1v) is 9.60. The van der Waals surface area contributed by atoms with Gasteiger partial charge in [-0.15, -0.1) is 0 Å². The number of carbonyl (C=O) groups is 1. The minimum atomic E-state index is 0.0849. The molecule has 1 aromatic rings. The molecule has 0 aromatic heterocycles. The zero-order valence-corrected chi connectivity index (χ0v) is 15.5. The van der Waals surface area contributed by atoms with Crippen LogP contribution < -0.4 is 10.2 Å². The van der Waals surface area contributed by atoms with E-state index in [-0.39, 0.29) is 6.03 Å². The molecule has 1 N–H and O–H groups in total. The highest BCUT2D eigenvalue weighted by molar-refractivity contribution is 5.74. The normalized spacial score (nSPS) is 27.7. The second-order valence-electron chi connectivity index (χ2n) is 7.44. The van der Waals surface area contributed by atoms with Crippen LogP contribution in [0.25, 0.3) is 0 Å². The fourth-order valence-corrected chi connectivity index (χ4v) is 4.07. The standard InChI is InChI=1S/C20H31N3O2/c1-16-13-18(14-17(2)25-16)15-21-20(24)23-10-6-9-22(11-12-23)19-7-4-3-5-8-19/h3-5,7-8,16-18H,6,9-15H2,1-2H3,(H,21,24). The molecule has 0 radical (unpaired) electrons. The Balaban J connectivity index is 1.46. The van der Waals surface area contributed by atoms with Crippen molar-refractivity contribution in [2.24, 2.45) is 5.92 Å². The van der Waals surface area contributed by atoms with E-state index in [0.717, 1.165) is 52.0 Å². The number of anilines is 1. The molecule has 2 heterocycles. The predicted molar refractivity (Wildman–Crippen MR) is 101 cm³/mol. The van der Waals surface area contributed by atoms with E-state index in [2.05, 4.69) is 48.3 Å². The van der Waals surface area contributed by atoms with Gasteiger partial charge in [-0.3, -0.25) is 0 Å². The van der Waals surface area contributed by atoms with E-state index in [4.69, 9.17) is 4.74 Å². The Morgan fingerprint density at radius 3 is 2.52 bits per heavy atom. The van der Waals surface area contributed by atoms with Crippen molar-refractivity contribution >= 4 is 11.7 Å². The number of para-hydroxylation sites is 1. The first-order chi connectivity index (χ1) is 12.1. The number of hydrogen-bond acceptors (Lipinski definition) is 3. The third-order valence-corrected chi connectivity index (χ3v) is 5.24. The van der Waals surface area contributed by atoms with Crippen LogP contribution >= 0.6 is 0 Å². The van der Waals surface area contributed by atoms with Gasteiger partial charge in [-0.25, -0.2) is 4.79 Å². The average molecular weight is 345 g/mol. The van der Waals surface area contributed by atoms with E-state index in [1.54, 1.807) is 0 Å². The van der Waals surface area contributed by atoms with E-state index in [0.29, 0.717) is 18.1 Å². The van der Waals surface area contributed by atoms with Crippen LogP contribution in [-0.2, 0) is 4.74 Å². The van der Waals surface area contributed by atoms with Crippen molar-refractivity contribution in [1.29, 1.82) is 0 Å². The number of ether oxygens (including phenoxy) is 1. The van der Waals surface area contributed by atoms with Gasteiger partial charge in [-0.1, -0.05) is 18.2 Å². The van der Waals surface area contributed by atoms with Crippen molar-refractivity contribution < 1.29 is 9.53 Å². The Labute approximate surface area is 151 Å². The summed E-state index contributed by atoms with van der Waals surface area (Å²) in [5, 5.41) is 3.16. The molecule has 5 heteroatoms. The van der Waals surface area contributed by atoms with Crippen LogP contribution in [0, 0.1) is 5.92 Å². The van der Waals surface area contributed by atoms with Gasteiger partial charge < -0.3 is 19.9 Å². The van der Waals surface area contributed by atoms with Crippen molar-refractivity contribution in [3.8, 4) is 0 Å². The van der Waals surface area contributed by atoms with E-state index in [1.807, 2.05) is 11.0 Å². The molecule has 1 aromatic carbocycles. The summed E-state index contributed by atoms with van der Waals surface area (Å²) in [5.74, 6) is 0.524. The lowest BCUT2D eigenvalue weighted by molar-refractivity contribution is -0.0512. The molecular weight excluding hydrogens is 314 g/mol. The molecular formula is C20H31N3O2. The number of carbonyl (C=O) groups excluding carboxylic acids is 1. The number of hydrogen-bond donors (Lipinski definition) is 1. The molecule has 0 bridgehead atoms. The Hall–Kier alpha value is -1.75. The molecule has 2 unspecified atom stereocenters. The fraction of sp³-hybridized carbons (Fsp3) is 0.650. The molecule has 2 fully saturated rings. The lowest BCUT2D eigenvalue weighted by atomic mass is 9.92. The van der Waals surface area contributed by atoms with Gasteiger partial charge in [0.05, 0.1) is 12.2 Å². The van der Waals surface area contributed by atoms with Gasteiger partial charge in [-0.2, -0.15) is 0 Å². The van der Waals surface area contributed by atoms with Gasteiger partial charge in [-0.05, 0) is 51.2 Å². The molecule has 2 aliphatic rings. The number of nitrogens with one attached hydrogen (secondary N) is 1. The lowest BCUT2D eigenvalue weighted by Crippen LogP contribution is -2.45. The molecule has 2 saturated heterocycles. The average Bonchev–Trinajstić information content (AvgIpc) is 2.86. The van der Waals surface area contributed by atoms with Crippen molar-refractivity contribution in [2.75, 3.05) is 37.6 Å². The smallest absolute Gasteiger partial charge is 0.317 e. The highest BCUT2D eigenvalue weighted by Gasteiger charge is 2.26. The van der Waals surface area contributed by atoms with Crippen LogP contribution in [0.5, 0.6) is 0 Å². The molecule has 138 valence electrons. The summed E-state index contributed by atoms with van der Waals surface area (Å²) in [7, 11) is 0. The quantitative estimate of drug-likeness (QED) is 0.915. The van der Waals surface area contributed by atoms with Gasteiger partial charge in [0.15, 0.2) is 0 Å². The predicted octanol–water partition coefficient (Wildman–Crippen LogP) is 3.11. The minimum Gasteiger partial charge on any atom is -0.376 e.